The molecule has 0 aromatic rings. The van der Waals surface area contributed by atoms with Gasteiger partial charge in [-0.2, -0.15) is 0 Å². The SMILES string of the molecule is C#CCC(C)(C)C.[Si]. The van der Waals surface area contributed by atoms with E-state index in [4.69, 9.17) is 6.42 Å². The van der Waals surface area contributed by atoms with Gasteiger partial charge in [-0.05, 0) is 5.41 Å². The summed E-state index contributed by atoms with van der Waals surface area (Å²) in [5.74, 6) is 2.61. The lowest BCUT2D eigenvalue weighted by atomic mass is 9.93. The molecule has 44 valence electrons. The maximum atomic E-state index is 5.06. The van der Waals surface area contributed by atoms with Gasteiger partial charge in [-0.25, -0.2) is 0 Å². The summed E-state index contributed by atoms with van der Waals surface area (Å²) in [4.78, 5) is 0. The van der Waals surface area contributed by atoms with Crippen LogP contribution in [-0.2, 0) is 0 Å². The van der Waals surface area contributed by atoms with E-state index in [1.807, 2.05) is 0 Å². The van der Waals surface area contributed by atoms with Crippen LogP contribution in [0.15, 0.2) is 0 Å². The van der Waals surface area contributed by atoms with E-state index in [1.54, 1.807) is 0 Å². The first kappa shape index (κ1) is 10.7. The molecule has 0 nitrogen and oxygen atoms in total. The van der Waals surface area contributed by atoms with Gasteiger partial charge < -0.3 is 0 Å². The van der Waals surface area contributed by atoms with E-state index in [0.29, 0.717) is 5.41 Å². The van der Waals surface area contributed by atoms with E-state index in [1.165, 1.54) is 0 Å². The maximum absolute atomic E-state index is 5.06. The molecule has 4 radical (unpaired) electrons. The zero-order valence-electron chi connectivity index (χ0n) is 5.78. The van der Waals surface area contributed by atoms with Gasteiger partial charge in [0.25, 0.3) is 0 Å². The Morgan fingerprint density at radius 3 is 1.75 bits per heavy atom. The predicted octanol–water partition coefficient (Wildman–Crippen LogP) is 1.68. The van der Waals surface area contributed by atoms with Gasteiger partial charge in [0.2, 0.25) is 0 Å². The van der Waals surface area contributed by atoms with Crippen molar-refractivity contribution in [3.63, 3.8) is 0 Å². The van der Waals surface area contributed by atoms with Crippen LogP contribution in [0.25, 0.3) is 0 Å². The van der Waals surface area contributed by atoms with Crippen LogP contribution >= 0.6 is 0 Å². The molecular formula is C7H12Si. The van der Waals surface area contributed by atoms with Crippen molar-refractivity contribution in [1.82, 2.24) is 0 Å². The van der Waals surface area contributed by atoms with Crippen LogP contribution in [0.3, 0.4) is 0 Å². The molecule has 0 aromatic heterocycles. The Hall–Kier alpha value is -0.223. The van der Waals surface area contributed by atoms with Crippen LogP contribution in [-0.4, -0.2) is 11.0 Å². The molecule has 0 bridgehead atoms. The third-order valence-electron chi connectivity index (χ3n) is 0.632. The second kappa shape index (κ2) is 3.74. The molecule has 0 fully saturated rings. The number of hydrogen-bond donors (Lipinski definition) is 0. The van der Waals surface area contributed by atoms with E-state index in [2.05, 4.69) is 26.7 Å². The fourth-order valence-corrected chi connectivity index (χ4v) is 0.306. The molecule has 0 aliphatic rings. The van der Waals surface area contributed by atoms with Crippen LogP contribution in [0, 0.1) is 17.8 Å². The second-order valence-corrected chi connectivity index (χ2v) is 2.94. The first-order valence-corrected chi connectivity index (χ1v) is 2.50. The minimum atomic E-state index is 0. The number of terminal acetylenes is 1. The van der Waals surface area contributed by atoms with Gasteiger partial charge in [0.1, 0.15) is 0 Å². The Balaban J connectivity index is 0. The van der Waals surface area contributed by atoms with E-state index in [-0.39, 0.29) is 11.0 Å². The summed E-state index contributed by atoms with van der Waals surface area (Å²) in [5, 5.41) is 0. The van der Waals surface area contributed by atoms with Crippen LogP contribution in [0.5, 0.6) is 0 Å². The van der Waals surface area contributed by atoms with Gasteiger partial charge in [-0.15, -0.1) is 12.3 Å². The average molecular weight is 124 g/mol. The highest BCUT2D eigenvalue weighted by atomic mass is 28.1. The molecule has 0 N–H and O–H groups in total. The minimum absolute atomic E-state index is 0. The van der Waals surface area contributed by atoms with E-state index in [9.17, 15) is 0 Å². The van der Waals surface area contributed by atoms with Crippen molar-refractivity contribution in [2.75, 3.05) is 0 Å². The van der Waals surface area contributed by atoms with Crippen molar-refractivity contribution in [3.8, 4) is 12.3 Å². The lowest BCUT2D eigenvalue weighted by molar-refractivity contribution is 0.428. The van der Waals surface area contributed by atoms with Crippen LogP contribution in [0.4, 0.5) is 0 Å². The van der Waals surface area contributed by atoms with Crippen LogP contribution in [0.1, 0.15) is 27.2 Å². The number of rotatable bonds is 0. The summed E-state index contributed by atoms with van der Waals surface area (Å²) in [7, 11) is 0. The molecule has 0 rings (SSSR count). The molecule has 0 aliphatic carbocycles. The molecule has 0 amide bonds. The Kier molecular flexibility index (Phi) is 5.00. The molecular weight excluding hydrogens is 112 g/mol. The van der Waals surface area contributed by atoms with Gasteiger partial charge >= 0.3 is 0 Å². The maximum Gasteiger partial charge on any atom is 0.0135 e. The van der Waals surface area contributed by atoms with Gasteiger partial charge in [-0.1, -0.05) is 20.8 Å². The van der Waals surface area contributed by atoms with Crippen molar-refractivity contribution >= 4 is 11.0 Å². The zero-order chi connectivity index (χ0) is 5.91. The zero-order valence-corrected chi connectivity index (χ0v) is 6.78. The van der Waals surface area contributed by atoms with Gasteiger partial charge in [-0.3, -0.25) is 0 Å². The third-order valence-corrected chi connectivity index (χ3v) is 0.632. The molecule has 1 heteroatoms. The molecule has 0 aliphatic heterocycles. The smallest absolute Gasteiger partial charge is 0.0135 e. The monoisotopic (exact) mass is 124 g/mol. The second-order valence-electron chi connectivity index (χ2n) is 2.94. The largest absolute Gasteiger partial charge is 0.120 e. The topological polar surface area (TPSA) is 0 Å². The van der Waals surface area contributed by atoms with Crippen molar-refractivity contribution < 1.29 is 0 Å². The van der Waals surface area contributed by atoms with Crippen molar-refractivity contribution in [2.45, 2.75) is 27.2 Å². The van der Waals surface area contributed by atoms with Crippen LogP contribution < -0.4 is 0 Å². The third kappa shape index (κ3) is 9.24. The Bertz CT molecular complexity index is 81.5. The quantitative estimate of drug-likeness (QED) is 0.340. The summed E-state index contributed by atoms with van der Waals surface area (Å²) >= 11 is 0. The fraction of sp³-hybridized carbons (Fsp3) is 0.714. The molecule has 0 aromatic carbocycles. The number of hydrogen-bond acceptors (Lipinski definition) is 0. The predicted molar refractivity (Wildman–Crippen MR) is 38.7 cm³/mol. The average Bonchev–Trinajstić information content (AvgIpc) is 1.30. The van der Waals surface area contributed by atoms with Gasteiger partial charge in [0.05, 0.1) is 0 Å². The first-order valence-electron chi connectivity index (χ1n) is 2.50. The molecule has 0 saturated heterocycles. The van der Waals surface area contributed by atoms with E-state index in [0.717, 1.165) is 6.42 Å². The lowest BCUT2D eigenvalue weighted by Gasteiger charge is -2.11. The van der Waals surface area contributed by atoms with E-state index < -0.39 is 0 Å². The van der Waals surface area contributed by atoms with Crippen molar-refractivity contribution in [1.29, 1.82) is 0 Å². The normalized spacial score (nSPS) is 9.25. The minimum Gasteiger partial charge on any atom is -0.120 e. The molecule has 0 spiro atoms. The fourth-order valence-electron chi connectivity index (χ4n) is 0.306. The molecule has 0 unspecified atom stereocenters. The highest BCUT2D eigenvalue weighted by Crippen LogP contribution is 2.16. The van der Waals surface area contributed by atoms with Crippen molar-refractivity contribution in [2.24, 2.45) is 5.41 Å². The highest BCUT2D eigenvalue weighted by Gasteiger charge is 2.05. The lowest BCUT2D eigenvalue weighted by Crippen LogP contribution is -2.01. The Morgan fingerprint density at radius 2 is 1.75 bits per heavy atom. The van der Waals surface area contributed by atoms with Gasteiger partial charge in [0, 0.05) is 17.4 Å². The first-order chi connectivity index (χ1) is 3.06. The van der Waals surface area contributed by atoms with Crippen LogP contribution in [0.2, 0.25) is 0 Å². The van der Waals surface area contributed by atoms with Crippen molar-refractivity contribution in [3.05, 3.63) is 0 Å². The van der Waals surface area contributed by atoms with Gasteiger partial charge in [0.15, 0.2) is 0 Å². The molecule has 0 saturated carbocycles. The summed E-state index contributed by atoms with van der Waals surface area (Å²) < 4.78 is 0. The molecule has 0 atom stereocenters. The molecule has 0 heterocycles. The van der Waals surface area contributed by atoms with E-state index >= 15 is 0 Å². The summed E-state index contributed by atoms with van der Waals surface area (Å²) in [6.45, 7) is 6.40. The Labute approximate surface area is 56.7 Å². The Morgan fingerprint density at radius 1 is 1.38 bits per heavy atom. The summed E-state index contributed by atoms with van der Waals surface area (Å²) in [6, 6.07) is 0. The highest BCUT2D eigenvalue weighted by molar-refractivity contribution is 5.75. The summed E-state index contributed by atoms with van der Waals surface area (Å²) in [5.41, 5.74) is 0.314. The standard InChI is InChI=1S/C7H12.Si/c1-5-6-7(2,3)4;/h1H,6H2,2-4H3;. The molecule has 8 heavy (non-hydrogen) atoms. The summed E-state index contributed by atoms with van der Waals surface area (Å²) in [6.07, 6.45) is 5.93.